The number of nitrogens with one attached hydrogen (secondary N) is 1. The van der Waals surface area contributed by atoms with Crippen molar-refractivity contribution >= 4 is 28.3 Å². The van der Waals surface area contributed by atoms with Gasteiger partial charge in [-0.25, -0.2) is 8.60 Å². The fourth-order valence-electron chi connectivity index (χ4n) is 0.931. The Morgan fingerprint density at radius 1 is 1.57 bits per heavy atom. The second-order valence-corrected chi connectivity index (χ2v) is 4.52. The van der Waals surface area contributed by atoms with Crippen LogP contribution in [0.15, 0.2) is 18.2 Å². The zero-order valence-corrected chi connectivity index (χ0v) is 9.29. The molecule has 78 valence electrons. The van der Waals surface area contributed by atoms with E-state index < -0.39 is 16.8 Å². The Morgan fingerprint density at radius 2 is 2.29 bits per heavy atom. The Labute approximate surface area is 90.1 Å². The number of hydrogen-bond acceptors (Lipinski definition) is 1. The lowest BCUT2D eigenvalue weighted by atomic mass is 10.3. The van der Waals surface area contributed by atoms with Crippen molar-refractivity contribution < 1.29 is 8.60 Å². The lowest BCUT2D eigenvalue weighted by molar-refractivity contribution is 0.631. The first-order valence-corrected chi connectivity index (χ1v) is 5.93. The quantitative estimate of drug-likeness (QED) is 0.854. The van der Waals surface area contributed by atoms with Gasteiger partial charge in [-0.2, -0.15) is 0 Å². The van der Waals surface area contributed by atoms with Crippen LogP contribution in [-0.4, -0.2) is 9.96 Å². The average molecular weight is 236 g/mol. The van der Waals surface area contributed by atoms with E-state index in [2.05, 4.69) is 4.72 Å². The molecule has 2 nitrogen and oxygen atoms in total. The molecule has 0 amide bonds. The molecule has 0 aliphatic rings. The Morgan fingerprint density at radius 3 is 2.86 bits per heavy atom. The molecular formula is C9H11ClFNOS. The van der Waals surface area contributed by atoms with Crippen LogP contribution in [0.5, 0.6) is 0 Å². The van der Waals surface area contributed by atoms with E-state index in [4.69, 9.17) is 11.6 Å². The van der Waals surface area contributed by atoms with E-state index in [0.717, 1.165) is 6.42 Å². The standard InChI is InChI=1S/C9H11ClFNOS/c1-2-5-14(13)12-9-4-3-7(10)6-8(9)11/h3-4,6,12H,2,5H2,1H3. The van der Waals surface area contributed by atoms with E-state index in [9.17, 15) is 8.60 Å². The van der Waals surface area contributed by atoms with Gasteiger partial charge >= 0.3 is 0 Å². The highest BCUT2D eigenvalue weighted by Crippen LogP contribution is 2.19. The summed E-state index contributed by atoms with van der Waals surface area (Å²) < 4.78 is 27.0. The maximum atomic E-state index is 13.2. The van der Waals surface area contributed by atoms with Crippen molar-refractivity contribution in [2.75, 3.05) is 10.5 Å². The highest BCUT2D eigenvalue weighted by atomic mass is 35.5. The minimum Gasteiger partial charge on any atom is -0.302 e. The van der Waals surface area contributed by atoms with Crippen LogP contribution in [0.2, 0.25) is 5.02 Å². The molecule has 0 aromatic heterocycles. The van der Waals surface area contributed by atoms with E-state index in [1.807, 2.05) is 6.92 Å². The molecule has 0 heterocycles. The van der Waals surface area contributed by atoms with Gasteiger partial charge in [0.15, 0.2) is 0 Å². The summed E-state index contributed by atoms with van der Waals surface area (Å²) in [6, 6.07) is 4.22. The Hall–Kier alpha value is -0.610. The maximum absolute atomic E-state index is 13.2. The molecule has 1 atom stereocenters. The number of halogens is 2. The van der Waals surface area contributed by atoms with Gasteiger partial charge in [-0.3, -0.25) is 0 Å². The first kappa shape index (κ1) is 11.5. The van der Waals surface area contributed by atoms with E-state index in [-0.39, 0.29) is 5.69 Å². The normalized spacial score (nSPS) is 12.5. The maximum Gasteiger partial charge on any atom is 0.148 e. The summed E-state index contributed by atoms with van der Waals surface area (Å²) >= 11 is 5.57. The van der Waals surface area contributed by atoms with Crippen LogP contribution >= 0.6 is 11.6 Å². The monoisotopic (exact) mass is 235 g/mol. The fraction of sp³-hybridized carbons (Fsp3) is 0.333. The van der Waals surface area contributed by atoms with Gasteiger partial charge in [0, 0.05) is 10.8 Å². The minimum atomic E-state index is -1.22. The number of rotatable bonds is 4. The summed E-state index contributed by atoms with van der Waals surface area (Å²) in [5, 5.41) is 0.328. The Bertz CT molecular complexity index is 346. The first-order chi connectivity index (χ1) is 6.63. The molecule has 0 saturated heterocycles. The topological polar surface area (TPSA) is 29.1 Å². The van der Waals surface area contributed by atoms with E-state index in [1.165, 1.54) is 12.1 Å². The molecule has 1 aromatic carbocycles. The molecule has 0 aliphatic heterocycles. The summed E-state index contributed by atoms with van der Waals surface area (Å²) in [5.74, 6) is 0.0177. The van der Waals surface area contributed by atoms with E-state index in [0.29, 0.717) is 10.8 Å². The molecule has 0 spiro atoms. The second kappa shape index (κ2) is 5.32. The molecule has 0 bridgehead atoms. The van der Waals surface area contributed by atoms with Crippen LogP contribution in [0.25, 0.3) is 0 Å². The number of hydrogen-bond donors (Lipinski definition) is 1. The number of anilines is 1. The molecule has 1 unspecified atom stereocenters. The van der Waals surface area contributed by atoms with Gasteiger partial charge in [0.1, 0.15) is 16.8 Å². The summed E-state index contributed by atoms with van der Waals surface area (Å²) in [4.78, 5) is 0. The van der Waals surface area contributed by atoms with E-state index >= 15 is 0 Å². The summed E-state index contributed by atoms with van der Waals surface area (Å²) in [5.41, 5.74) is 0.223. The molecule has 0 fully saturated rings. The lowest BCUT2D eigenvalue weighted by Gasteiger charge is -2.05. The van der Waals surface area contributed by atoms with Gasteiger partial charge in [0.25, 0.3) is 0 Å². The molecule has 1 rings (SSSR count). The average Bonchev–Trinajstić information content (AvgIpc) is 2.10. The van der Waals surface area contributed by atoms with Gasteiger partial charge in [-0.15, -0.1) is 0 Å². The van der Waals surface area contributed by atoms with Crippen LogP contribution in [0, 0.1) is 5.82 Å². The zero-order chi connectivity index (χ0) is 10.6. The van der Waals surface area contributed by atoms with Crippen LogP contribution in [0.4, 0.5) is 10.1 Å². The molecule has 0 aliphatic carbocycles. The van der Waals surface area contributed by atoms with Gasteiger partial charge in [0.05, 0.1) is 5.69 Å². The first-order valence-electron chi connectivity index (χ1n) is 4.23. The Balaban J connectivity index is 2.72. The van der Waals surface area contributed by atoms with Crippen LogP contribution in [0.3, 0.4) is 0 Å². The minimum absolute atomic E-state index is 0.223. The number of benzene rings is 1. The van der Waals surface area contributed by atoms with Crippen molar-refractivity contribution in [3.63, 3.8) is 0 Å². The van der Waals surface area contributed by atoms with Crippen molar-refractivity contribution in [1.29, 1.82) is 0 Å². The van der Waals surface area contributed by atoms with Gasteiger partial charge in [-0.05, 0) is 24.6 Å². The highest BCUT2D eigenvalue weighted by molar-refractivity contribution is 7.86. The smallest absolute Gasteiger partial charge is 0.148 e. The van der Waals surface area contributed by atoms with Gasteiger partial charge < -0.3 is 4.72 Å². The molecule has 1 N–H and O–H groups in total. The summed E-state index contributed by atoms with van der Waals surface area (Å²) in [6.45, 7) is 1.91. The predicted octanol–water partition coefficient (Wildman–Crippen LogP) is 2.96. The lowest BCUT2D eigenvalue weighted by Crippen LogP contribution is -2.08. The van der Waals surface area contributed by atoms with Gasteiger partial charge in [-0.1, -0.05) is 18.5 Å². The zero-order valence-electron chi connectivity index (χ0n) is 7.72. The largest absolute Gasteiger partial charge is 0.302 e. The molecule has 5 heteroatoms. The second-order valence-electron chi connectivity index (χ2n) is 2.78. The fourth-order valence-corrected chi connectivity index (χ4v) is 1.97. The van der Waals surface area contributed by atoms with E-state index in [1.54, 1.807) is 6.07 Å². The third kappa shape index (κ3) is 3.27. The third-order valence-electron chi connectivity index (χ3n) is 1.54. The Kier molecular flexibility index (Phi) is 4.35. The molecule has 0 radical (unpaired) electrons. The van der Waals surface area contributed by atoms with Crippen molar-refractivity contribution in [3.05, 3.63) is 29.0 Å². The highest BCUT2D eigenvalue weighted by Gasteiger charge is 2.04. The summed E-state index contributed by atoms with van der Waals surface area (Å²) in [6.07, 6.45) is 0.787. The predicted molar refractivity (Wildman–Crippen MR) is 58.3 cm³/mol. The van der Waals surface area contributed by atoms with Crippen molar-refractivity contribution in [2.45, 2.75) is 13.3 Å². The van der Waals surface area contributed by atoms with Gasteiger partial charge in [0.2, 0.25) is 0 Å². The SMILES string of the molecule is CCCS(=O)Nc1ccc(Cl)cc1F. The van der Waals surface area contributed by atoms with Crippen LogP contribution in [-0.2, 0) is 11.0 Å². The van der Waals surface area contributed by atoms with Crippen LogP contribution in [0.1, 0.15) is 13.3 Å². The summed E-state index contributed by atoms with van der Waals surface area (Å²) in [7, 11) is -1.22. The molecule has 14 heavy (non-hydrogen) atoms. The molecule has 0 saturated carbocycles. The van der Waals surface area contributed by atoms with Crippen LogP contribution < -0.4 is 4.72 Å². The van der Waals surface area contributed by atoms with Crippen molar-refractivity contribution in [3.8, 4) is 0 Å². The molecule has 1 aromatic rings. The van der Waals surface area contributed by atoms with Crippen molar-refractivity contribution in [2.24, 2.45) is 0 Å². The third-order valence-corrected chi connectivity index (χ3v) is 3.01. The van der Waals surface area contributed by atoms with Crippen molar-refractivity contribution in [1.82, 2.24) is 0 Å². The molecular weight excluding hydrogens is 225 g/mol.